The first-order valence-corrected chi connectivity index (χ1v) is 7.61. The molecule has 1 aliphatic rings. The number of hydrogen-bond donors (Lipinski definition) is 0. The van der Waals surface area contributed by atoms with Gasteiger partial charge in [-0.1, -0.05) is 43.1 Å². The van der Waals surface area contributed by atoms with Crippen molar-refractivity contribution in [3.63, 3.8) is 0 Å². The minimum atomic E-state index is 0.504. The Morgan fingerprint density at radius 3 is 2.58 bits per heavy atom. The maximum absolute atomic E-state index is 6.09. The smallest absolute Gasteiger partial charge is 0.139 e. The van der Waals surface area contributed by atoms with E-state index in [4.69, 9.17) is 27.9 Å². The molecular weight excluding hydrogens is 281 g/mol. The molecule has 106 valence electrons. The van der Waals surface area contributed by atoms with Crippen LogP contribution in [0.4, 0.5) is 0 Å². The first-order chi connectivity index (χ1) is 9.06. The molecule has 1 fully saturated rings. The van der Waals surface area contributed by atoms with Gasteiger partial charge in [0.15, 0.2) is 0 Å². The highest BCUT2D eigenvalue weighted by atomic mass is 35.5. The zero-order chi connectivity index (χ0) is 13.8. The summed E-state index contributed by atoms with van der Waals surface area (Å²) in [6.07, 6.45) is 1.33. The van der Waals surface area contributed by atoms with Gasteiger partial charge in [-0.2, -0.15) is 0 Å². The van der Waals surface area contributed by atoms with E-state index in [1.807, 2.05) is 12.1 Å². The molecule has 0 amide bonds. The van der Waals surface area contributed by atoms with Crippen molar-refractivity contribution in [2.24, 2.45) is 11.8 Å². The molecule has 1 aromatic carbocycles. The van der Waals surface area contributed by atoms with Gasteiger partial charge >= 0.3 is 0 Å². The number of ether oxygens (including phenoxy) is 1. The molecule has 2 nitrogen and oxygen atoms in total. The van der Waals surface area contributed by atoms with E-state index in [2.05, 4.69) is 18.7 Å². The zero-order valence-electron chi connectivity index (χ0n) is 11.5. The number of nitrogens with zero attached hydrogens (tertiary/aromatic N) is 1. The highest BCUT2D eigenvalue weighted by Gasteiger charge is 2.21. The molecule has 2 atom stereocenters. The molecule has 2 rings (SSSR count). The topological polar surface area (TPSA) is 12.5 Å². The van der Waals surface area contributed by atoms with E-state index >= 15 is 0 Å². The standard InChI is InChI=1S/C15H21Cl2NO/c1-11-8-12(2)10-18(9-11)6-7-19-14-5-3-4-13(16)15(14)17/h3-5,11-12H,6-10H2,1-2H3. The largest absolute Gasteiger partial charge is 0.491 e. The van der Waals surface area contributed by atoms with E-state index in [1.165, 1.54) is 6.42 Å². The average Bonchev–Trinajstić information content (AvgIpc) is 2.33. The number of hydrogen-bond acceptors (Lipinski definition) is 2. The minimum Gasteiger partial charge on any atom is -0.491 e. The normalized spacial score (nSPS) is 24.4. The zero-order valence-corrected chi connectivity index (χ0v) is 13.0. The lowest BCUT2D eigenvalue weighted by atomic mass is 9.92. The van der Waals surface area contributed by atoms with Crippen molar-refractivity contribution in [3.8, 4) is 5.75 Å². The van der Waals surface area contributed by atoms with Gasteiger partial charge in [0.1, 0.15) is 17.4 Å². The lowest BCUT2D eigenvalue weighted by molar-refractivity contribution is 0.120. The van der Waals surface area contributed by atoms with Crippen LogP contribution in [0.15, 0.2) is 18.2 Å². The summed E-state index contributed by atoms with van der Waals surface area (Å²) in [6, 6.07) is 5.48. The Kier molecular flexibility index (Phi) is 5.37. The van der Waals surface area contributed by atoms with E-state index in [0.29, 0.717) is 22.4 Å². The molecule has 2 unspecified atom stereocenters. The van der Waals surface area contributed by atoms with Gasteiger partial charge in [0.05, 0.1) is 5.02 Å². The van der Waals surface area contributed by atoms with Crippen molar-refractivity contribution in [1.82, 2.24) is 4.90 Å². The lowest BCUT2D eigenvalue weighted by Gasteiger charge is -2.34. The Hall–Kier alpha value is -0.440. The van der Waals surface area contributed by atoms with Gasteiger partial charge in [-0.25, -0.2) is 0 Å². The summed E-state index contributed by atoms with van der Waals surface area (Å²) in [7, 11) is 0. The fourth-order valence-corrected chi connectivity index (χ4v) is 3.20. The predicted octanol–water partition coefficient (Wildman–Crippen LogP) is 4.35. The van der Waals surface area contributed by atoms with Crippen LogP contribution in [0.2, 0.25) is 10.0 Å². The summed E-state index contributed by atoms with van der Waals surface area (Å²) >= 11 is 12.0. The molecule has 0 aromatic heterocycles. The van der Waals surface area contributed by atoms with Gasteiger partial charge in [-0.05, 0) is 30.4 Å². The van der Waals surface area contributed by atoms with Crippen molar-refractivity contribution >= 4 is 23.2 Å². The van der Waals surface area contributed by atoms with E-state index in [9.17, 15) is 0 Å². The second-order valence-corrected chi connectivity index (χ2v) is 6.39. The quantitative estimate of drug-likeness (QED) is 0.820. The second-order valence-electron chi connectivity index (χ2n) is 5.61. The number of piperidine rings is 1. The van der Waals surface area contributed by atoms with E-state index in [0.717, 1.165) is 31.5 Å². The highest BCUT2D eigenvalue weighted by Crippen LogP contribution is 2.31. The molecule has 0 saturated carbocycles. The number of rotatable bonds is 4. The van der Waals surface area contributed by atoms with Crippen molar-refractivity contribution < 1.29 is 4.74 Å². The van der Waals surface area contributed by atoms with Gasteiger partial charge in [-0.3, -0.25) is 4.90 Å². The van der Waals surface area contributed by atoms with Crippen molar-refractivity contribution in [3.05, 3.63) is 28.2 Å². The van der Waals surface area contributed by atoms with Crippen LogP contribution in [-0.4, -0.2) is 31.1 Å². The molecule has 19 heavy (non-hydrogen) atoms. The summed E-state index contributed by atoms with van der Waals surface area (Å²) in [5.41, 5.74) is 0. The molecule has 0 aliphatic carbocycles. The molecule has 1 aromatic rings. The Bertz CT molecular complexity index is 415. The Labute approximate surface area is 125 Å². The van der Waals surface area contributed by atoms with Gasteiger partial charge in [-0.15, -0.1) is 0 Å². The van der Waals surface area contributed by atoms with Gasteiger partial charge < -0.3 is 4.74 Å². The Morgan fingerprint density at radius 1 is 1.21 bits per heavy atom. The monoisotopic (exact) mass is 301 g/mol. The van der Waals surface area contributed by atoms with Crippen LogP contribution in [0.25, 0.3) is 0 Å². The summed E-state index contributed by atoms with van der Waals surface area (Å²) < 4.78 is 5.73. The summed E-state index contributed by atoms with van der Waals surface area (Å²) in [5.74, 6) is 2.23. The molecule has 1 saturated heterocycles. The van der Waals surface area contributed by atoms with Crippen LogP contribution in [0.5, 0.6) is 5.75 Å². The van der Waals surface area contributed by atoms with E-state index in [-0.39, 0.29) is 0 Å². The summed E-state index contributed by atoms with van der Waals surface area (Å²) in [4.78, 5) is 2.47. The fraction of sp³-hybridized carbons (Fsp3) is 0.600. The third-order valence-electron chi connectivity index (χ3n) is 3.53. The fourth-order valence-electron chi connectivity index (χ4n) is 2.85. The Balaban J connectivity index is 1.81. The number of halogens is 2. The van der Waals surface area contributed by atoms with Crippen LogP contribution < -0.4 is 4.74 Å². The SMILES string of the molecule is CC1CC(C)CN(CCOc2cccc(Cl)c2Cl)C1. The van der Waals surface area contributed by atoms with Crippen LogP contribution >= 0.6 is 23.2 Å². The average molecular weight is 302 g/mol. The van der Waals surface area contributed by atoms with Gasteiger partial charge in [0, 0.05) is 19.6 Å². The minimum absolute atomic E-state index is 0.504. The highest BCUT2D eigenvalue weighted by molar-refractivity contribution is 6.42. The van der Waals surface area contributed by atoms with Crippen molar-refractivity contribution in [1.29, 1.82) is 0 Å². The van der Waals surface area contributed by atoms with Gasteiger partial charge in [0.2, 0.25) is 0 Å². The maximum Gasteiger partial charge on any atom is 0.139 e. The molecule has 0 spiro atoms. The maximum atomic E-state index is 6.09. The Morgan fingerprint density at radius 2 is 1.89 bits per heavy atom. The molecule has 4 heteroatoms. The van der Waals surface area contributed by atoms with Crippen LogP contribution in [-0.2, 0) is 0 Å². The van der Waals surface area contributed by atoms with E-state index < -0.39 is 0 Å². The number of likely N-dealkylation sites (tertiary alicyclic amines) is 1. The predicted molar refractivity (Wildman–Crippen MR) is 81.3 cm³/mol. The van der Waals surface area contributed by atoms with Crippen molar-refractivity contribution in [2.45, 2.75) is 20.3 Å². The van der Waals surface area contributed by atoms with Crippen LogP contribution in [0.3, 0.4) is 0 Å². The molecule has 0 bridgehead atoms. The van der Waals surface area contributed by atoms with Crippen LogP contribution in [0.1, 0.15) is 20.3 Å². The summed E-state index contributed by atoms with van der Waals surface area (Å²) in [5, 5.41) is 1.05. The lowest BCUT2D eigenvalue weighted by Crippen LogP contribution is -2.40. The number of benzene rings is 1. The molecular formula is C15H21Cl2NO. The molecule has 1 aliphatic heterocycles. The second kappa shape index (κ2) is 6.83. The van der Waals surface area contributed by atoms with E-state index in [1.54, 1.807) is 6.07 Å². The third-order valence-corrected chi connectivity index (χ3v) is 4.33. The van der Waals surface area contributed by atoms with Crippen LogP contribution in [0, 0.1) is 11.8 Å². The van der Waals surface area contributed by atoms with Gasteiger partial charge in [0.25, 0.3) is 0 Å². The molecule has 1 heterocycles. The molecule has 0 N–H and O–H groups in total. The van der Waals surface area contributed by atoms with Crippen molar-refractivity contribution in [2.75, 3.05) is 26.2 Å². The first-order valence-electron chi connectivity index (χ1n) is 6.85. The molecule has 0 radical (unpaired) electrons. The summed E-state index contributed by atoms with van der Waals surface area (Å²) in [6.45, 7) is 8.56. The third kappa shape index (κ3) is 4.27. The first kappa shape index (κ1) is 15.0.